The Bertz CT molecular complexity index is 4220. The van der Waals surface area contributed by atoms with Crippen molar-refractivity contribution in [2.75, 3.05) is 26.2 Å². The van der Waals surface area contributed by atoms with Gasteiger partial charge in [-0.15, -0.1) is 0 Å². The van der Waals surface area contributed by atoms with Crippen LogP contribution in [-0.2, 0) is 97.6 Å². The monoisotopic (exact) mass is 1630 g/mol. The van der Waals surface area contributed by atoms with Crippen LogP contribution in [0.15, 0.2) is 97.6 Å². The number of nitrogens with two attached hydrogens (primary N) is 4. The molecule has 0 saturated carbocycles. The highest BCUT2D eigenvalue weighted by molar-refractivity contribution is 6.00. The summed E-state index contributed by atoms with van der Waals surface area (Å²) in [6.45, 7) is 8.51. The van der Waals surface area contributed by atoms with E-state index in [9.17, 15) is 82.1 Å². The number of carbonyl (C=O) groups excluding carboxylic acids is 14. The van der Waals surface area contributed by atoms with Crippen LogP contribution in [0, 0.1) is 11.8 Å². The number of hydrogen-bond donors (Lipinski definition) is 18. The average Bonchev–Trinajstić information content (AvgIpc) is 1.54. The van der Waals surface area contributed by atoms with Crippen LogP contribution >= 0.6 is 0 Å². The minimum absolute atomic E-state index is 0.0152. The summed E-state index contributed by atoms with van der Waals surface area (Å²) in [4.78, 5) is 223. The van der Waals surface area contributed by atoms with Gasteiger partial charge in [-0.2, -0.15) is 0 Å². The van der Waals surface area contributed by atoms with Crippen LogP contribution in [0.4, 0.5) is 0 Å². The lowest BCUT2D eigenvalue weighted by Gasteiger charge is -2.31. The zero-order valence-corrected chi connectivity index (χ0v) is 67.0. The van der Waals surface area contributed by atoms with Crippen molar-refractivity contribution in [2.45, 2.75) is 236 Å². The number of imidazole rings is 1. The van der Waals surface area contributed by atoms with Crippen LogP contribution in [0.5, 0.6) is 5.75 Å². The summed E-state index contributed by atoms with van der Waals surface area (Å²) in [6.07, 6.45) is 5.64. The van der Waals surface area contributed by atoms with E-state index in [4.69, 9.17) is 22.9 Å². The van der Waals surface area contributed by atoms with E-state index in [1.807, 2.05) is 43.3 Å². The first-order valence-corrected chi connectivity index (χ1v) is 40.0. The van der Waals surface area contributed by atoms with Crippen molar-refractivity contribution in [3.63, 3.8) is 0 Å². The summed E-state index contributed by atoms with van der Waals surface area (Å²) in [7, 11) is 0. The van der Waals surface area contributed by atoms with E-state index < -0.39 is 174 Å². The number of carboxylic acids is 1. The number of aliphatic carboxylic acids is 1. The number of fused-ring (bicyclic) bond motifs is 1. The molecule has 4 heterocycles. The number of para-hydroxylation sites is 1. The molecule has 0 spiro atoms. The number of likely N-dealkylation sites (tertiary alicyclic amines) is 2. The molecule has 14 amide bonds. The quantitative estimate of drug-likeness (QED) is 0.0222. The number of nitrogens with zero attached hydrogens (tertiary/aromatic N) is 3. The highest BCUT2D eigenvalue weighted by Gasteiger charge is 2.43. The number of benzene rings is 3. The molecule has 12 atom stereocenters. The Morgan fingerprint density at radius 2 is 1.00 bits per heavy atom. The molecule has 0 bridgehead atoms. The van der Waals surface area contributed by atoms with E-state index in [2.05, 4.69) is 68.1 Å². The van der Waals surface area contributed by atoms with Crippen molar-refractivity contribution < 1.29 is 82.1 Å². The standard InChI is InChI=1S/C81H115N19O17/c1-6-7-20-56(71(106)98-64(81(116)117)39-49-25-27-52(101)28-26-49)92-78(113)66-24-16-35-100(66)80(115)59(30-32-68(85)103)90-69(104)44-88-77(112)65-23-15-34-99(65)79(114)58(22-13-14-33-82)93-74(109)61(37-47(4)5)95-72(107)57(29-31-67(84)102)91-73(108)60(36-46(2)3)96-75(110)62(40-50-42-87-55-21-12-11-19-53(50)55)97-76(111)63(41-51-43-86-45-89-51)94-70(105)54(83)38-48-17-9-8-10-18-48/h8-12,17-19,21,25-28,42-43,45-47,54,56-66,87,101H,6-7,13-16,20,22-24,29-41,44,82-83H2,1-5H3,(H2,84,102)(H2,85,103)(H,86,89)(H,88,112)(H,90,104)(H,91,108)(H,92,113)(H,93,109)(H,94,105)(H,95,107)(H,96,110)(H,97,111)(H,98,106)(H,116,117)/t54-,56-,57-,58-,59-,60-,61-,62-,63-,64-,65-,66-/m0/s1. The van der Waals surface area contributed by atoms with Crippen molar-refractivity contribution in [1.29, 1.82) is 0 Å². The fourth-order valence-electron chi connectivity index (χ4n) is 14.2. The van der Waals surface area contributed by atoms with E-state index in [0.717, 1.165) is 16.5 Å². The number of aromatic hydroxyl groups is 1. The Labute approximate surface area is 678 Å². The first kappa shape index (κ1) is 92.4. The number of aromatic amines is 2. The molecular formula is C81H115N19O17. The van der Waals surface area contributed by atoms with Gasteiger partial charge in [-0.3, -0.25) is 67.1 Å². The van der Waals surface area contributed by atoms with Gasteiger partial charge in [-0.05, 0) is 137 Å². The average molecular weight is 1630 g/mol. The van der Waals surface area contributed by atoms with Crippen molar-refractivity contribution >= 4 is 99.6 Å². The zero-order chi connectivity index (χ0) is 85.4. The molecule has 0 radical (unpaired) electrons. The number of amides is 14. The van der Waals surface area contributed by atoms with Gasteiger partial charge in [0.2, 0.25) is 82.7 Å². The molecule has 36 heteroatoms. The summed E-state index contributed by atoms with van der Waals surface area (Å²) in [5, 5.41) is 47.3. The lowest BCUT2D eigenvalue weighted by molar-refractivity contribution is -0.144. The number of carbonyl (C=O) groups is 15. The lowest BCUT2D eigenvalue weighted by Crippen LogP contribution is -2.61. The minimum atomic E-state index is -1.57. The fraction of sp³-hybridized carbons (Fsp3) is 0.531. The van der Waals surface area contributed by atoms with Crippen molar-refractivity contribution in [3.8, 4) is 5.75 Å². The Hall–Kier alpha value is -11.8. The highest BCUT2D eigenvalue weighted by atomic mass is 16.4. The maximum Gasteiger partial charge on any atom is 0.326 e. The van der Waals surface area contributed by atoms with Gasteiger partial charge in [0.15, 0.2) is 0 Å². The van der Waals surface area contributed by atoms with Crippen LogP contribution in [0.3, 0.4) is 0 Å². The third-order valence-electron chi connectivity index (χ3n) is 20.4. The van der Waals surface area contributed by atoms with Crippen LogP contribution in [0.2, 0.25) is 0 Å². The number of phenols is 1. The van der Waals surface area contributed by atoms with Gasteiger partial charge in [-0.25, -0.2) is 9.78 Å². The summed E-state index contributed by atoms with van der Waals surface area (Å²) < 4.78 is 0. The van der Waals surface area contributed by atoms with Crippen LogP contribution in [0.25, 0.3) is 10.9 Å². The third-order valence-corrected chi connectivity index (χ3v) is 20.4. The summed E-state index contributed by atoms with van der Waals surface area (Å²) >= 11 is 0. The second kappa shape index (κ2) is 46.1. The summed E-state index contributed by atoms with van der Waals surface area (Å²) in [5.74, 6) is -13.2. The molecule has 2 aliphatic rings. The molecule has 22 N–H and O–H groups in total. The minimum Gasteiger partial charge on any atom is -0.508 e. The van der Waals surface area contributed by atoms with E-state index >= 15 is 0 Å². The summed E-state index contributed by atoms with van der Waals surface area (Å²) in [6, 6.07) is 6.15. The number of unbranched alkanes of at least 4 members (excludes halogenated alkanes) is 2. The highest BCUT2D eigenvalue weighted by Crippen LogP contribution is 2.25. The molecule has 5 aromatic rings. The molecule has 2 fully saturated rings. The number of nitrogens with one attached hydrogen (secondary N) is 12. The molecule has 3 aromatic carbocycles. The summed E-state index contributed by atoms with van der Waals surface area (Å²) in [5.41, 5.74) is 26.4. The van der Waals surface area contributed by atoms with Crippen molar-refractivity contribution in [3.05, 3.63) is 120 Å². The number of aromatic nitrogens is 3. The zero-order valence-electron chi connectivity index (χ0n) is 67.0. The number of hydrogen-bond acceptors (Lipinski definition) is 19. The van der Waals surface area contributed by atoms with Gasteiger partial charge in [0.1, 0.15) is 72.2 Å². The Kier molecular flexibility index (Phi) is 36.4. The SMILES string of the molecule is CCCC[C@H](NC(=O)[C@@H]1CCCN1C(=O)[C@H](CCC(N)=O)NC(=O)CNC(=O)[C@@H]1CCCN1C(=O)[C@H](CCCCN)NC(=O)[C@H](CC(C)C)NC(=O)[C@H](CCC(N)=O)NC(=O)[C@H](CC(C)C)NC(=O)[C@H](Cc1c[nH]c2ccccc12)NC(=O)[C@H](Cc1c[nH]cn1)NC(=O)[C@@H](N)Cc1ccccc1)C(=O)N[C@@H](Cc1ccc(O)cc1)C(=O)O. The predicted octanol–water partition coefficient (Wildman–Crippen LogP) is -0.317. The molecule has 636 valence electrons. The lowest BCUT2D eigenvalue weighted by atomic mass is 9.99. The third kappa shape index (κ3) is 29.1. The fourth-order valence-corrected chi connectivity index (χ4v) is 14.2. The molecular weight excluding hydrogens is 1510 g/mol. The Balaban J connectivity index is 1.02. The van der Waals surface area contributed by atoms with Gasteiger partial charge in [0.05, 0.1) is 24.6 Å². The predicted molar refractivity (Wildman–Crippen MR) is 430 cm³/mol. The van der Waals surface area contributed by atoms with Crippen LogP contribution < -0.4 is 76.1 Å². The molecule has 0 aliphatic carbocycles. The molecule has 2 aliphatic heterocycles. The smallest absolute Gasteiger partial charge is 0.326 e. The van der Waals surface area contributed by atoms with E-state index in [1.165, 1.54) is 40.4 Å². The van der Waals surface area contributed by atoms with E-state index in [-0.39, 0.29) is 121 Å². The Morgan fingerprint density at radius 1 is 0.513 bits per heavy atom. The molecule has 117 heavy (non-hydrogen) atoms. The van der Waals surface area contributed by atoms with Crippen LogP contribution in [0.1, 0.15) is 160 Å². The number of phenolic OH excluding ortho intramolecular Hbond substituents is 1. The maximum atomic E-state index is 15.0. The normalized spacial score (nSPS) is 16.5. The van der Waals surface area contributed by atoms with Gasteiger partial charge in [-0.1, -0.05) is 108 Å². The maximum absolute atomic E-state index is 15.0. The molecule has 2 saturated heterocycles. The van der Waals surface area contributed by atoms with E-state index in [0.29, 0.717) is 55.3 Å². The molecule has 7 rings (SSSR count). The van der Waals surface area contributed by atoms with Crippen molar-refractivity contribution in [2.24, 2.45) is 34.8 Å². The van der Waals surface area contributed by atoms with Gasteiger partial charge in [0, 0.05) is 68.5 Å². The second-order valence-electron chi connectivity index (χ2n) is 30.7. The van der Waals surface area contributed by atoms with Gasteiger partial charge < -0.3 is 106 Å². The van der Waals surface area contributed by atoms with Crippen LogP contribution in [-0.4, -0.2) is 222 Å². The van der Waals surface area contributed by atoms with Crippen molar-refractivity contribution in [1.82, 2.24) is 77.9 Å². The van der Waals surface area contributed by atoms with Gasteiger partial charge in [0.25, 0.3) is 0 Å². The first-order valence-electron chi connectivity index (χ1n) is 40.0. The molecule has 0 unspecified atom stereocenters. The Morgan fingerprint density at radius 3 is 1.56 bits per heavy atom. The molecule has 36 nitrogen and oxygen atoms in total. The molecule has 2 aromatic heterocycles. The number of carboxylic acid groups (broad SMARTS) is 1. The number of primary amides is 2. The van der Waals surface area contributed by atoms with Gasteiger partial charge >= 0.3 is 5.97 Å². The largest absolute Gasteiger partial charge is 0.508 e. The second-order valence-corrected chi connectivity index (χ2v) is 30.7. The number of rotatable bonds is 48. The van der Waals surface area contributed by atoms with E-state index in [1.54, 1.807) is 58.3 Å². The number of H-pyrrole nitrogens is 2. The topological polar surface area (TPSA) is 572 Å². The first-order chi connectivity index (χ1) is 55.8.